The van der Waals surface area contributed by atoms with Crippen LogP contribution in [0.1, 0.15) is 5.56 Å². The molecule has 0 aliphatic heterocycles. The van der Waals surface area contributed by atoms with E-state index in [-0.39, 0.29) is 0 Å². The highest BCUT2D eigenvalue weighted by atomic mass is 15.0. The fourth-order valence-electron chi connectivity index (χ4n) is 2.93. The minimum Gasteiger partial charge on any atom is -0.293 e. The Kier molecular flexibility index (Phi) is 2.77. The van der Waals surface area contributed by atoms with Crippen molar-refractivity contribution in [2.75, 3.05) is 0 Å². The number of hydrogen-bond donors (Lipinski definition) is 0. The zero-order valence-corrected chi connectivity index (χ0v) is 11.6. The van der Waals surface area contributed by atoms with Crippen molar-refractivity contribution < 1.29 is 0 Å². The van der Waals surface area contributed by atoms with Gasteiger partial charge in [0.1, 0.15) is 12.8 Å². The Labute approximate surface area is 125 Å². The maximum Gasteiger partial charge on any atom is 0.131 e. The highest BCUT2D eigenvalue weighted by molar-refractivity contribution is 7.28. The summed E-state index contributed by atoms with van der Waals surface area (Å²) >= 11 is 0. The molecule has 4 radical (unpaired) electrons. The number of para-hydroxylation sites is 2. The Bertz CT molecular complexity index is 978. The van der Waals surface area contributed by atoms with Crippen molar-refractivity contribution in [3.05, 3.63) is 48.3 Å². The van der Waals surface area contributed by atoms with Crippen LogP contribution in [-0.2, 0) is 0 Å². The molecule has 21 heavy (non-hydrogen) atoms. The zero-order chi connectivity index (χ0) is 14.4. The van der Waals surface area contributed by atoms with Crippen LogP contribution in [0, 0.1) is 6.92 Å². The van der Waals surface area contributed by atoms with Crippen LogP contribution in [0.4, 0.5) is 0 Å². The van der Waals surface area contributed by atoms with E-state index in [9.17, 15) is 0 Å². The van der Waals surface area contributed by atoms with Gasteiger partial charge in [-0.2, -0.15) is 0 Å². The number of nitrogens with zero attached hydrogens (tertiary/aromatic N) is 3. The van der Waals surface area contributed by atoms with Gasteiger partial charge < -0.3 is 0 Å². The number of pyridine rings is 2. The van der Waals surface area contributed by atoms with Crippen LogP contribution in [0.2, 0.25) is 0 Å². The van der Waals surface area contributed by atoms with Gasteiger partial charge in [-0.25, -0.2) is 4.98 Å². The molecular weight excluding hydrogens is 255 g/mol. The Morgan fingerprint density at radius 3 is 2.86 bits per heavy atom. The summed E-state index contributed by atoms with van der Waals surface area (Å²) in [5.74, 6) is 0. The highest BCUT2D eigenvalue weighted by Gasteiger charge is 2.15. The summed E-state index contributed by atoms with van der Waals surface area (Å²) in [5.41, 5.74) is 6.29. The normalized spacial score (nSPS) is 11.3. The van der Waals surface area contributed by atoms with Gasteiger partial charge in [0.25, 0.3) is 0 Å². The van der Waals surface area contributed by atoms with E-state index in [0.29, 0.717) is 0 Å². The first-order valence-corrected chi connectivity index (χ1v) is 6.83. The monoisotopic (exact) mass is 265 g/mol. The molecule has 6 heteroatoms. The lowest BCUT2D eigenvalue weighted by atomic mass is 9.26. The molecule has 0 bridgehead atoms. The van der Waals surface area contributed by atoms with Gasteiger partial charge in [0.2, 0.25) is 0 Å². The molecule has 0 aliphatic carbocycles. The second kappa shape index (κ2) is 4.66. The molecule has 0 spiro atoms. The molecule has 0 aliphatic rings. The molecule has 0 fully saturated rings. The first-order valence-electron chi connectivity index (χ1n) is 6.83. The summed E-state index contributed by atoms with van der Waals surface area (Å²) in [4.78, 5) is 9.04. The molecule has 4 rings (SSSR count). The van der Waals surface area contributed by atoms with Crippen molar-refractivity contribution in [1.82, 2.24) is 14.4 Å². The van der Waals surface area contributed by atoms with E-state index in [2.05, 4.69) is 22.4 Å². The highest BCUT2D eigenvalue weighted by Crippen LogP contribution is 2.23. The summed E-state index contributed by atoms with van der Waals surface area (Å²) in [6.45, 7) is 2.08. The van der Waals surface area contributed by atoms with Crippen LogP contribution in [0.15, 0.2) is 42.7 Å². The molecule has 0 unspecified atom stereocenters. The van der Waals surface area contributed by atoms with E-state index >= 15 is 0 Å². The fourth-order valence-corrected chi connectivity index (χ4v) is 2.93. The number of aryl methyl sites for hydroxylation is 1. The third-order valence-electron chi connectivity index (χ3n) is 3.91. The first kappa shape index (κ1) is 12.5. The van der Waals surface area contributed by atoms with E-state index < -0.39 is 0 Å². The van der Waals surface area contributed by atoms with Gasteiger partial charge in [-0.1, -0.05) is 17.6 Å². The van der Waals surface area contributed by atoms with Gasteiger partial charge in [-0.3, -0.25) is 9.38 Å². The Balaban J connectivity index is 2.32. The number of aromatic nitrogens is 3. The SMILES string of the molecule is [B][B][B]c1c(C)c2cnccc2n2c1nc1ccccc12. The Morgan fingerprint density at radius 2 is 2.00 bits per heavy atom. The van der Waals surface area contributed by atoms with Gasteiger partial charge in [0, 0.05) is 32.6 Å². The minimum absolute atomic E-state index is 0.925. The lowest BCUT2D eigenvalue weighted by molar-refractivity contribution is 1.26. The summed E-state index contributed by atoms with van der Waals surface area (Å²) in [6.07, 6.45) is 3.71. The predicted octanol–water partition coefficient (Wildman–Crippen LogP) is 1.38. The van der Waals surface area contributed by atoms with E-state index in [0.717, 1.165) is 38.6 Å². The molecule has 0 amide bonds. The quantitative estimate of drug-likeness (QED) is 0.512. The van der Waals surface area contributed by atoms with Gasteiger partial charge in [-0.05, 0) is 30.7 Å². The number of rotatable bonds is 2. The predicted molar refractivity (Wildman–Crippen MR) is 89.6 cm³/mol. The third-order valence-corrected chi connectivity index (χ3v) is 3.91. The molecule has 94 valence electrons. The van der Waals surface area contributed by atoms with Gasteiger partial charge in [0.05, 0.1) is 16.6 Å². The van der Waals surface area contributed by atoms with E-state index in [1.54, 1.807) is 7.06 Å². The van der Waals surface area contributed by atoms with Crippen LogP contribution >= 0.6 is 0 Å². The maximum absolute atomic E-state index is 5.63. The van der Waals surface area contributed by atoms with Gasteiger partial charge >= 0.3 is 0 Å². The van der Waals surface area contributed by atoms with Crippen molar-refractivity contribution in [2.24, 2.45) is 0 Å². The lowest BCUT2D eigenvalue weighted by Crippen LogP contribution is -2.26. The summed E-state index contributed by atoms with van der Waals surface area (Å²) in [5, 5.41) is 1.11. The van der Waals surface area contributed by atoms with Gasteiger partial charge in [-0.15, -0.1) is 0 Å². The summed E-state index contributed by atoms with van der Waals surface area (Å²) in [7, 11) is 9.09. The number of hydrogen-bond acceptors (Lipinski definition) is 2. The van der Waals surface area contributed by atoms with Crippen molar-refractivity contribution in [1.29, 1.82) is 0 Å². The molecule has 3 heterocycles. The molecule has 0 atom stereocenters. The van der Waals surface area contributed by atoms with Crippen LogP contribution in [0.5, 0.6) is 0 Å². The molecule has 3 nitrogen and oxygen atoms in total. The molecule has 0 saturated heterocycles. The zero-order valence-electron chi connectivity index (χ0n) is 11.6. The first-order chi connectivity index (χ1) is 10.3. The summed E-state index contributed by atoms with van der Waals surface area (Å²) in [6, 6.07) is 10.2. The van der Waals surface area contributed by atoms with Gasteiger partial charge in [0.15, 0.2) is 0 Å². The van der Waals surface area contributed by atoms with E-state index in [1.807, 2.05) is 43.8 Å². The minimum atomic E-state index is 0.925. The summed E-state index contributed by atoms with van der Waals surface area (Å²) < 4.78 is 2.18. The molecule has 0 saturated carbocycles. The maximum atomic E-state index is 5.63. The molecular formula is C15H10B3N3. The average molecular weight is 265 g/mol. The molecule has 0 N–H and O–H groups in total. The molecule has 3 aromatic heterocycles. The Hall–Kier alpha value is -2.23. The van der Waals surface area contributed by atoms with E-state index in [1.165, 1.54) is 0 Å². The van der Waals surface area contributed by atoms with E-state index in [4.69, 9.17) is 12.7 Å². The third kappa shape index (κ3) is 1.72. The van der Waals surface area contributed by atoms with Crippen LogP contribution in [0.25, 0.3) is 27.6 Å². The standard InChI is InChI=1S/C15H10B3N3/c1-9-10-8-19-7-6-12(10)21-13-5-3-2-4-11(13)20-15(21)14(9)17-18-16/h2-8H,1H3. The Morgan fingerprint density at radius 1 is 1.14 bits per heavy atom. The second-order valence-electron chi connectivity index (χ2n) is 5.05. The lowest BCUT2D eigenvalue weighted by Gasteiger charge is -2.12. The number of benzene rings is 1. The second-order valence-corrected chi connectivity index (χ2v) is 5.05. The fraction of sp³-hybridized carbons (Fsp3) is 0.0667. The van der Waals surface area contributed by atoms with Crippen molar-refractivity contribution in [3.63, 3.8) is 0 Å². The van der Waals surface area contributed by atoms with Crippen molar-refractivity contribution in [3.8, 4) is 0 Å². The van der Waals surface area contributed by atoms with Crippen molar-refractivity contribution >= 4 is 55.0 Å². The topological polar surface area (TPSA) is 30.2 Å². The average Bonchev–Trinajstić information content (AvgIpc) is 2.91. The van der Waals surface area contributed by atoms with Crippen molar-refractivity contribution in [2.45, 2.75) is 6.92 Å². The molecule has 4 aromatic rings. The van der Waals surface area contributed by atoms with Crippen LogP contribution < -0.4 is 5.46 Å². The largest absolute Gasteiger partial charge is 0.293 e. The van der Waals surface area contributed by atoms with Crippen LogP contribution in [0.3, 0.4) is 0 Å². The molecule has 1 aromatic carbocycles. The smallest absolute Gasteiger partial charge is 0.131 e. The number of imidazole rings is 1. The van der Waals surface area contributed by atoms with Crippen LogP contribution in [-0.4, -0.2) is 36.3 Å². The number of fused-ring (bicyclic) bond motifs is 5.